The molecule has 2 aromatic carbocycles. The van der Waals surface area contributed by atoms with Crippen molar-refractivity contribution in [3.63, 3.8) is 0 Å². The quantitative estimate of drug-likeness (QED) is 0.762. The van der Waals surface area contributed by atoms with Crippen LogP contribution in [0.2, 0.25) is 0 Å². The highest BCUT2D eigenvalue weighted by Crippen LogP contribution is 2.33. The molecule has 22 heavy (non-hydrogen) atoms. The van der Waals surface area contributed by atoms with Crippen LogP contribution in [0.1, 0.15) is 28.3 Å². The maximum Gasteiger partial charge on any atom is 0.167 e. The second-order valence-corrected chi connectivity index (χ2v) is 5.76. The minimum atomic E-state index is -0.153. The van der Waals surface area contributed by atoms with Gasteiger partial charge in [-0.05, 0) is 30.2 Å². The van der Waals surface area contributed by atoms with Crippen LogP contribution >= 0.6 is 0 Å². The minimum absolute atomic E-state index is 0.0310. The first kappa shape index (κ1) is 14.6. The van der Waals surface area contributed by atoms with E-state index in [-0.39, 0.29) is 29.1 Å². The highest BCUT2D eigenvalue weighted by atomic mass is 16.3. The first-order chi connectivity index (χ1) is 10.6. The number of ketones is 1. The molecular weight excluding hydrogens is 278 g/mol. The number of phenolic OH excluding ortho intramolecular Hbond substituents is 2. The Morgan fingerprint density at radius 1 is 1.05 bits per heavy atom. The van der Waals surface area contributed by atoms with Gasteiger partial charge in [-0.15, -0.1) is 0 Å². The molecule has 2 aromatic rings. The number of nitrogens with one attached hydrogen (secondary N) is 1. The topological polar surface area (TPSA) is 69.6 Å². The Bertz CT molecular complexity index is 684. The lowest BCUT2D eigenvalue weighted by Crippen LogP contribution is -2.38. The van der Waals surface area contributed by atoms with Crippen LogP contribution < -0.4 is 5.32 Å². The Hall–Kier alpha value is -2.33. The highest BCUT2D eigenvalue weighted by molar-refractivity contribution is 5.98. The molecule has 3 rings (SSSR count). The number of benzene rings is 2. The van der Waals surface area contributed by atoms with Crippen LogP contribution in [0.5, 0.6) is 11.5 Å². The van der Waals surface area contributed by atoms with Crippen LogP contribution in [-0.4, -0.2) is 29.1 Å². The van der Waals surface area contributed by atoms with Crippen molar-refractivity contribution >= 4 is 5.78 Å². The average Bonchev–Trinajstić information content (AvgIpc) is 2.55. The van der Waals surface area contributed by atoms with E-state index in [1.54, 1.807) is 30.3 Å². The number of carbonyl (C=O) groups excluding carboxylic acids is 1. The summed E-state index contributed by atoms with van der Waals surface area (Å²) in [6, 6.07) is 13.7. The normalized spacial score (nSPS) is 21.5. The lowest BCUT2D eigenvalue weighted by atomic mass is 9.81. The number of phenols is 2. The van der Waals surface area contributed by atoms with E-state index < -0.39 is 0 Å². The maximum atomic E-state index is 12.6. The Labute approximate surface area is 129 Å². The van der Waals surface area contributed by atoms with E-state index >= 15 is 0 Å². The average molecular weight is 297 g/mol. The summed E-state index contributed by atoms with van der Waals surface area (Å²) in [7, 11) is 0. The van der Waals surface area contributed by atoms with Crippen LogP contribution in [0.3, 0.4) is 0 Å². The number of hydrogen-bond donors (Lipinski definition) is 3. The summed E-state index contributed by atoms with van der Waals surface area (Å²) in [5, 5.41) is 22.8. The fraction of sp³-hybridized carbons (Fsp3) is 0.278. The molecule has 1 heterocycles. The largest absolute Gasteiger partial charge is 0.508 e. The fourth-order valence-electron chi connectivity index (χ4n) is 3.11. The van der Waals surface area contributed by atoms with E-state index in [9.17, 15) is 15.0 Å². The highest BCUT2D eigenvalue weighted by Gasteiger charge is 2.29. The summed E-state index contributed by atoms with van der Waals surface area (Å²) in [6.07, 6.45) is 0.694. The number of para-hydroxylation sites is 1. The predicted molar refractivity (Wildman–Crippen MR) is 84.3 cm³/mol. The van der Waals surface area contributed by atoms with Gasteiger partial charge in [0.25, 0.3) is 0 Å². The molecule has 0 saturated carbocycles. The van der Waals surface area contributed by atoms with Gasteiger partial charge in [0, 0.05) is 30.5 Å². The van der Waals surface area contributed by atoms with Crippen molar-refractivity contribution in [3.05, 3.63) is 59.7 Å². The molecule has 1 aliphatic rings. The van der Waals surface area contributed by atoms with E-state index in [4.69, 9.17) is 0 Å². The molecule has 4 nitrogen and oxygen atoms in total. The lowest BCUT2D eigenvalue weighted by molar-refractivity contribution is 0.0891. The third-order valence-electron chi connectivity index (χ3n) is 4.23. The fourth-order valence-corrected chi connectivity index (χ4v) is 3.11. The Morgan fingerprint density at radius 3 is 2.64 bits per heavy atom. The predicted octanol–water partition coefficient (Wildman–Crippen LogP) is 2.67. The van der Waals surface area contributed by atoms with Gasteiger partial charge in [-0.25, -0.2) is 0 Å². The molecule has 114 valence electrons. The molecular formula is C18H19NO3. The summed E-state index contributed by atoms with van der Waals surface area (Å²) in [5.74, 6) is 0.372. The van der Waals surface area contributed by atoms with Crippen LogP contribution in [0.15, 0.2) is 48.5 Å². The van der Waals surface area contributed by atoms with Gasteiger partial charge in [0.05, 0.1) is 0 Å². The molecule has 2 atom stereocenters. The minimum Gasteiger partial charge on any atom is -0.508 e. The van der Waals surface area contributed by atoms with E-state index in [1.807, 2.05) is 12.1 Å². The molecule has 1 fully saturated rings. The third kappa shape index (κ3) is 2.97. The third-order valence-corrected chi connectivity index (χ3v) is 4.23. The Balaban J connectivity index is 1.78. The summed E-state index contributed by atoms with van der Waals surface area (Å²) in [4.78, 5) is 12.6. The standard InChI is InChI=1S/C18H19NO3/c20-15-5-3-4-12(9-15)18(22)14-8-13(10-19-11-14)16-6-1-2-7-17(16)21/h1-7,9,13-14,19-21H,8,10-11H2. The second kappa shape index (κ2) is 6.20. The van der Waals surface area contributed by atoms with E-state index in [2.05, 4.69) is 5.32 Å². The van der Waals surface area contributed by atoms with Crippen molar-refractivity contribution in [2.45, 2.75) is 12.3 Å². The van der Waals surface area contributed by atoms with E-state index in [1.165, 1.54) is 6.07 Å². The molecule has 3 N–H and O–H groups in total. The van der Waals surface area contributed by atoms with E-state index in [0.717, 1.165) is 12.1 Å². The number of piperidine rings is 1. The van der Waals surface area contributed by atoms with Crippen molar-refractivity contribution < 1.29 is 15.0 Å². The first-order valence-electron chi connectivity index (χ1n) is 7.47. The van der Waals surface area contributed by atoms with Gasteiger partial charge in [-0.1, -0.05) is 30.3 Å². The van der Waals surface area contributed by atoms with Gasteiger partial charge in [0.15, 0.2) is 5.78 Å². The molecule has 4 heteroatoms. The first-order valence-corrected chi connectivity index (χ1v) is 7.47. The Kier molecular flexibility index (Phi) is 4.11. The van der Waals surface area contributed by atoms with Crippen molar-refractivity contribution in [2.75, 3.05) is 13.1 Å². The summed E-state index contributed by atoms with van der Waals surface area (Å²) in [5.41, 5.74) is 1.41. The number of Topliss-reactive ketones (excluding diaryl/α,β-unsaturated/α-hetero) is 1. The van der Waals surface area contributed by atoms with Crippen molar-refractivity contribution in [2.24, 2.45) is 5.92 Å². The smallest absolute Gasteiger partial charge is 0.167 e. The molecule has 0 aliphatic carbocycles. The van der Waals surface area contributed by atoms with Gasteiger partial charge in [0.2, 0.25) is 0 Å². The Morgan fingerprint density at radius 2 is 1.86 bits per heavy atom. The van der Waals surface area contributed by atoms with Crippen molar-refractivity contribution in [1.29, 1.82) is 0 Å². The maximum absolute atomic E-state index is 12.6. The monoisotopic (exact) mass is 297 g/mol. The van der Waals surface area contributed by atoms with Crippen molar-refractivity contribution in [3.8, 4) is 11.5 Å². The summed E-state index contributed by atoms with van der Waals surface area (Å²) < 4.78 is 0. The molecule has 1 aliphatic heterocycles. The van der Waals surface area contributed by atoms with Gasteiger partial charge in [0.1, 0.15) is 11.5 Å². The van der Waals surface area contributed by atoms with Gasteiger partial charge in [-0.3, -0.25) is 4.79 Å². The SMILES string of the molecule is O=C(c1cccc(O)c1)C1CNCC(c2ccccc2O)C1. The van der Waals surface area contributed by atoms with Crippen LogP contribution in [0.25, 0.3) is 0 Å². The molecule has 2 unspecified atom stereocenters. The molecule has 0 radical (unpaired) electrons. The summed E-state index contributed by atoms with van der Waals surface area (Å²) in [6.45, 7) is 1.37. The van der Waals surface area contributed by atoms with Crippen LogP contribution in [-0.2, 0) is 0 Å². The van der Waals surface area contributed by atoms with Crippen LogP contribution in [0.4, 0.5) is 0 Å². The zero-order chi connectivity index (χ0) is 15.5. The number of aromatic hydroxyl groups is 2. The second-order valence-electron chi connectivity index (χ2n) is 5.76. The molecule has 0 spiro atoms. The number of carbonyl (C=O) groups is 1. The number of rotatable bonds is 3. The van der Waals surface area contributed by atoms with Gasteiger partial charge >= 0.3 is 0 Å². The van der Waals surface area contributed by atoms with Crippen LogP contribution in [0, 0.1) is 5.92 Å². The zero-order valence-electron chi connectivity index (χ0n) is 12.2. The molecule has 1 saturated heterocycles. The lowest BCUT2D eigenvalue weighted by Gasteiger charge is -2.30. The zero-order valence-corrected chi connectivity index (χ0v) is 12.2. The molecule has 0 amide bonds. The van der Waals surface area contributed by atoms with Gasteiger partial charge in [-0.2, -0.15) is 0 Å². The summed E-state index contributed by atoms with van der Waals surface area (Å²) >= 11 is 0. The molecule has 0 aromatic heterocycles. The van der Waals surface area contributed by atoms with Gasteiger partial charge < -0.3 is 15.5 Å². The molecule has 0 bridgehead atoms. The van der Waals surface area contributed by atoms with Crippen molar-refractivity contribution in [1.82, 2.24) is 5.32 Å². The van der Waals surface area contributed by atoms with E-state index in [0.29, 0.717) is 18.5 Å². The number of hydrogen-bond acceptors (Lipinski definition) is 4.